The minimum atomic E-state index is -3.64. The van der Waals surface area contributed by atoms with Gasteiger partial charge in [-0.25, -0.2) is 13.4 Å². The second-order valence-corrected chi connectivity index (χ2v) is 8.42. The first-order valence-electron chi connectivity index (χ1n) is 8.64. The molecule has 0 unspecified atom stereocenters. The number of nitrogens with zero attached hydrogens (tertiary/aromatic N) is 2. The Labute approximate surface area is 156 Å². The molecular weight excluding hydrogens is 370 g/mol. The summed E-state index contributed by atoms with van der Waals surface area (Å²) >= 11 is 0. The molecule has 4 rings (SSSR count). The van der Waals surface area contributed by atoms with E-state index in [0.717, 1.165) is 12.8 Å². The molecule has 0 atom stereocenters. The molecule has 1 N–H and O–H groups in total. The molecule has 0 saturated carbocycles. The van der Waals surface area contributed by atoms with Crippen LogP contribution in [-0.2, 0) is 10.0 Å². The molecule has 1 aliphatic rings. The second-order valence-electron chi connectivity index (χ2n) is 6.51. The quantitative estimate of drug-likeness (QED) is 0.735. The summed E-state index contributed by atoms with van der Waals surface area (Å²) in [5.41, 5.74) is 1.75. The number of benzene rings is 1. The highest BCUT2D eigenvalue weighted by Gasteiger charge is 2.31. The first-order valence-corrected chi connectivity index (χ1v) is 10.1. The summed E-state index contributed by atoms with van der Waals surface area (Å²) in [5, 5.41) is 2.69. The predicted octanol–water partition coefficient (Wildman–Crippen LogP) is 3.07. The van der Waals surface area contributed by atoms with Gasteiger partial charge >= 0.3 is 0 Å². The van der Waals surface area contributed by atoms with Crippen LogP contribution in [0.25, 0.3) is 11.1 Å². The number of amides is 1. The summed E-state index contributed by atoms with van der Waals surface area (Å²) in [5.74, 6) is 0.149. The Hall–Kier alpha value is -2.65. The van der Waals surface area contributed by atoms with Crippen molar-refractivity contribution in [2.24, 2.45) is 0 Å². The van der Waals surface area contributed by atoms with Gasteiger partial charge in [-0.15, -0.1) is 0 Å². The second kappa shape index (κ2) is 6.50. The summed E-state index contributed by atoms with van der Waals surface area (Å²) < 4.78 is 37.7. The fourth-order valence-corrected chi connectivity index (χ4v) is 4.89. The maximum Gasteiger partial charge on any atom is 0.291 e. The van der Waals surface area contributed by atoms with Gasteiger partial charge in [-0.1, -0.05) is 0 Å². The molecule has 8 nitrogen and oxygen atoms in total. The minimum Gasteiger partial charge on any atom is -0.455 e. The van der Waals surface area contributed by atoms with Crippen molar-refractivity contribution in [3.63, 3.8) is 0 Å². The number of hydrogen-bond donors (Lipinski definition) is 1. The smallest absolute Gasteiger partial charge is 0.291 e. The van der Waals surface area contributed by atoms with Gasteiger partial charge < -0.3 is 14.2 Å². The highest BCUT2D eigenvalue weighted by atomic mass is 32.2. The van der Waals surface area contributed by atoms with Crippen molar-refractivity contribution in [1.82, 2.24) is 9.29 Å². The zero-order valence-corrected chi connectivity index (χ0v) is 15.8. The number of carbonyl (C=O) groups is 1. The van der Waals surface area contributed by atoms with Gasteiger partial charge in [0.05, 0.1) is 0 Å². The fourth-order valence-electron chi connectivity index (χ4n) is 3.21. The van der Waals surface area contributed by atoms with Crippen molar-refractivity contribution in [2.45, 2.75) is 31.6 Å². The summed E-state index contributed by atoms with van der Waals surface area (Å²) in [6.45, 7) is 4.27. The topological polar surface area (TPSA) is 106 Å². The monoisotopic (exact) mass is 389 g/mol. The van der Waals surface area contributed by atoms with Crippen LogP contribution in [0.2, 0.25) is 0 Å². The van der Waals surface area contributed by atoms with Crippen molar-refractivity contribution in [1.29, 1.82) is 0 Å². The predicted molar refractivity (Wildman–Crippen MR) is 98.1 cm³/mol. The van der Waals surface area contributed by atoms with Crippen LogP contribution >= 0.6 is 0 Å². The lowest BCUT2D eigenvalue weighted by Crippen LogP contribution is -2.28. The van der Waals surface area contributed by atoms with Gasteiger partial charge in [0.1, 0.15) is 16.2 Å². The van der Waals surface area contributed by atoms with E-state index < -0.39 is 15.9 Å². The van der Waals surface area contributed by atoms with E-state index in [4.69, 9.17) is 8.83 Å². The van der Waals surface area contributed by atoms with Crippen LogP contribution in [0.3, 0.4) is 0 Å². The summed E-state index contributed by atoms with van der Waals surface area (Å²) in [6, 6.07) is 6.37. The third-order valence-corrected chi connectivity index (χ3v) is 6.54. The molecule has 3 heterocycles. The Kier molecular flexibility index (Phi) is 4.27. The van der Waals surface area contributed by atoms with Gasteiger partial charge in [-0.2, -0.15) is 4.31 Å². The molecule has 0 spiro atoms. The van der Waals surface area contributed by atoms with Crippen molar-refractivity contribution < 1.29 is 22.0 Å². The molecule has 27 heavy (non-hydrogen) atoms. The molecule has 1 amide bonds. The molecule has 1 saturated heterocycles. The SMILES string of the molecule is Cc1nc2ccc(NC(=O)c3cc(S(=O)(=O)N4CCCC4)c(C)o3)cc2o1. The molecule has 0 radical (unpaired) electrons. The van der Waals surface area contributed by atoms with Crippen LogP contribution in [-0.4, -0.2) is 36.7 Å². The highest BCUT2D eigenvalue weighted by molar-refractivity contribution is 7.89. The van der Waals surface area contributed by atoms with E-state index in [1.54, 1.807) is 32.0 Å². The largest absolute Gasteiger partial charge is 0.455 e. The lowest BCUT2D eigenvalue weighted by atomic mass is 10.3. The van der Waals surface area contributed by atoms with Gasteiger partial charge in [0.25, 0.3) is 5.91 Å². The molecule has 3 aromatic rings. The number of rotatable bonds is 4. The highest BCUT2D eigenvalue weighted by Crippen LogP contribution is 2.27. The lowest BCUT2D eigenvalue weighted by Gasteiger charge is -2.14. The molecule has 1 aliphatic heterocycles. The number of oxazole rings is 1. The number of carbonyl (C=O) groups excluding carboxylic acids is 1. The molecule has 9 heteroatoms. The summed E-state index contributed by atoms with van der Waals surface area (Å²) in [4.78, 5) is 16.7. The first kappa shape index (κ1) is 17.7. The Bertz CT molecular complexity index is 1120. The summed E-state index contributed by atoms with van der Waals surface area (Å²) in [6.07, 6.45) is 1.68. The van der Waals surface area contributed by atoms with Gasteiger partial charge in [0, 0.05) is 37.8 Å². The van der Waals surface area contributed by atoms with E-state index in [-0.39, 0.29) is 16.4 Å². The number of hydrogen-bond acceptors (Lipinski definition) is 6. The number of furan rings is 1. The first-order chi connectivity index (χ1) is 12.8. The normalized spacial score (nSPS) is 15.5. The van der Waals surface area contributed by atoms with Gasteiger partial charge in [-0.05, 0) is 31.9 Å². The van der Waals surface area contributed by atoms with E-state index in [9.17, 15) is 13.2 Å². The zero-order chi connectivity index (χ0) is 19.2. The van der Waals surface area contributed by atoms with E-state index in [2.05, 4.69) is 10.3 Å². The van der Waals surface area contributed by atoms with Crippen molar-refractivity contribution in [3.05, 3.63) is 41.7 Å². The fraction of sp³-hybridized carbons (Fsp3) is 0.333. The number of nitrogens with one attached hydrogen (secondary N) is 1. The van der Waals surface area contributed by atoms with Gasteiger partial charge in [0.15, 0.2) is 17.2 Å². The van der Waals surface area contributed by atoms with Crippen molar-refractivity contribution in [2.75, 3.05) is 18.4 Å². The molecule has 1 fully saturated rings. The molecular formula is C18H19N3O5S. The van der Waals surface area contributed by atoms with Crippen molar-refractivity contribution in [3.8, 4) is 0 Å². The maximum absolute atomic E-state index is 12.7. The standard InChI is InChI=1S/C18H19N3O5S/c1-11-17(27(23,24)21-7-3-4-8-21)10-16(25-11)18(22)20-13-5-6-14-15(9-13)26-12(2)19-14/h5-6,9-10H,3-4,7-8H2,1-2H3,(H,20,22). The van der Waals surface area contributed by atoms with E-state index in [0.29, 0.717) is 35.8 Å². The van der Waals surface area contributed by atoms with E-state index >= 15 is 0 Å². The van der Waals surface area contributed by atoms with Crippen LogP contribution in [0, 0.1) is 13.8 Å². The number of aryl methyl sites for hydroxylation is 2. The van der Waals surface area contributed by atoms with Crippen LogP contribution in [0.5, 0.6) is 0 Å². The van der Waals surface area contributed by atoms with Crippen LogP contribution in [0.4, 0.5) is 5.69 Å². The average molecular weight is 389 g/mol. The van der Waals surface area contributed by atoms with Crippen LogP contribution < -0.4 is 5.32 Å². The van der Waals surface area contributed by atoms with Crippen LogP contribution in [0.1, 0.15) is 35.0 Å². The number of anilines is 1. The summed E-state index contributed by atoms with van der Waals surface area (Å²) in [7, 11) is -3.64. The minimum absolute atomic E-state index is 0.0378. The van der Waals surface area contributed by atoms with E-state index in [1.165, 1.54) is 10.4 Å². The Morgan fingerprint density at radius 1 is 1.15 bits per heavy atom. The number of sulfonamides is 1. The third-order valence-electron chi connectivity index (χ3n) is 4.53. The Balaban J connectivity index is 1.58. The van der Waals surface area contributed by atoms with Crippen LogP contribution in [0.15, 0.2) is 38.0 Å². The molecule has 0 bridgehead atoms. The van der Waals surface area contributed by atoms with Crippen molar-refractivity contribution >= 4 is 32.7 Å². The molecule has 1 aromatic carbocycles. The Morgan fingerprint density at radius 3 is 2.63 bits per heavy atom. The Morgan fingerprint density at radius 2 is 1.89 bits per heavy atom. The zero-order valence-electron chi connectivity index (χ0n) is 15.0. The average Bonchev–Trinajstić information content (AvgIpc) is 3.32. The number of fused-ring (bicyclic) bond motifs is 1. The maximum atomic E-state index is 12.7. The van der Waals surface area contributed by atoms with E-state index in [1.807, 2.05) is 0 Å². The molecule has 2 aromatic heterocycles. The molecule has 142 valence electrons. The lowest BCUT2D eigenvalue weighted by molar-refractivity contribution is 0.0995. The van der Waals surface area contributed by atoms with Gasteiger partial charge in [-0.3, -0.25) is 4.79 Å². The third kappa shape index (κ3) is 3.24. The molecule has 0 aliphatic carbocycles. The number of aromatic nitrogens is 1. The van der Waals surface area contributed by atoms with Gasteiger partial charge in [0.2, 0.25) is 10.0 Å².